The van der Waals surface area contributed by atoms with Gasteiger partial charge in [0.15, 0.2) is 0 Å². The maximum atomic E-state index is 11.9. The first-order chi connectivity index (χ1) is 9.10. The van der Waals surface area contributed by atoms with E-state index in [0.717, 1.165) is 29.7 Å². The predicted molar refractivity (Wildman–Crippen MR) is 76.0 cm³/mol. The highest BCUT2D eigenvalue weighted by atomic mass is 16.1. The highest BCUT2D eigenvalue weighted by Crippen LogP contribution is 2.46. The van der Waals surface area contributed by atoms with Crippen LogP contribution in [-0.4, -0.2) is 12.5 Å². The standard InChI is InChI=1S/C16H22N2O/c1-16(7-2-3-8-16)14(17)12-5-4-11-6-9-18-15(19)13(11)10-12/h4-5,10,14H,2-3,6-9,17H2,1H3,(H,18,19). The van der Waals surface area contributed by atoms with Gasteiger partial charge >= 0.3 is 0 Å². The average Bonchev–Trinajstić information content (AvgIpc) is 2.86. The fourth-order valence-corrected chi connectivity index (χ4v) is 3.52. The Balaban J connectivity index is 1.93. The Morgan fingerprint density at radius 1 is 1.32 bits per heavy atom. The SMILES string of the molecule is CC1(C(N)c2ccc3c(c2)C(=O)NCC3)CCCC1. The lowest BCUT2D eigenvalue weighted by molar-refractivity contribution is 0.0945. The minimum absolute atomic E-state index is 0.0371. The quantitative estimate of drug-likeness (QED) is 0.856. The van der Waals surface area contributed by atoms with Crippen molar-refractivity contribution in [2.24, 2.45) is 11.1 Å². The zero-order valence-electron chi connectivity index (χ0n) is 11.5. The Bertz CT molecular complexity index is 503. The summed E-state index contributed by atoms with van der Waals surface area (Å²) in [4.78, 5) is 11.9. The third-order valence-corrected chi connectivity index (χ3v) is 4.91. The lowest BCUT2D eigenvalue weighted by Crippen LogP contribution is -2.33. The van der Waals surface area contributed by atoms with Gasteiger partial charge in [0, 0.05) is 18.2 Å². The summed E-state index contributed by atoms with van der Waals surface area (Å²) in [6.45, 7) is 3.03. The Morgan fingerprint density at radius 2 is 2.05 bits per heavy atom. The largest absolute Gasteiger partial charge is 0.352 e. The molecule has 1 amide bonds. The minimum Gasteiger partial charge on any atom is -0.352 e. The lowest BCUT2D eigenvalue weighted by atomic mass is 9.77. The highest BCUT2D eigenvalue weighted by molar-refractivity contribution is 5.96. The number of benzene rings is 1. The number of carbonyl (C=O) groups is 1. The van der Waals surface area contributed by atoms with Crippen molar-refractivity contribution in [3.63, 3.8) is 0 Å². The van der Waals surface area contributed by atoms with Crippen molar-refractivity contribution in [2.45, 2.75) is 45.1 Å². The molecule has 19 heavy (non-hydrogen) atoms. The van der Waals surface area contributed by atoms with E-state index in [1.54, 1.807) is 0 Å². The zero-order chi connectivity index (χ0) is 13.5. The molecule has 1 saturated carbocycles. The molecule has 1 aliphatic carbocycles. The summed E-state index contributed by atoms with van der Waals surface area (Å²) in [6.07, 6.45) is 5.86. The van der Waals surface area contributed by atoms with E-state index in [1.807, 2.05) is 6.07 Å². The third-order valence-electron chi connectivity index (χ3n) is 4.91. The Kier molecular flexibility index (Phi) is 3.09. The number of carbonyl (C=O) groups excluding carboxylic acids is 1. The van der Waals surface area contributed by atoms with E-state index in [1.165, 1.54) is 25.7 Å². The van der Waals surface area contributed by atoms with Crippen molar-refractivity contribution >= 4 is 5.91 Å². The van der Waals surface area contributed by atoms with Gasteiger partial charge < -0.3 is 11.1 Å². The molecule has 1 unspecified atom stereocenters. The summed E-state index contributed by atoms with van der Waals surface area (Å²) < 4.78 is 0. The van der Waals surface area contributed by atoms with Gasteiger partial charge in [-0.1, -0.05) is 31.9 Å². The number of nitrogens with one attached hydrogen (secondary N) is 1. The van der Waals surface area contributed by atoms with Crippen molar-refractivity contribution in [2.75, 3.05) is 6.54 Å². The van der Waals surface area contributed by atoms with Crippen LogP contribution >= 0.6 is 0 Å². The molecular formula is C16H22N2O. The maximum absolute atomic E-state index is 11.9. The molecule has 1 heterocycles. The van der Waals surface area contributed by atoms with Crippen molar-refractivity contribution < 1.29 is 4.79 Å². The van der Waals surface area contributed by atoms with Crippen molar-refractivity contribution in [3.8, 4) is 0 Å². The third kappa shape index (κ3) is 2.16. The zero-order valence-corrected chi connectivity index (χ0v) is 11.5. The van der Waals surface area contributed by atoms with Crippen LogP contribution in [0.4, 0.5) is 0 Å². The number of hydrogen-bond donors (Lipinski definition) is 2. The first-order valence-corrected chi connectivity index (χ1v) is 7.27. The van der Waals surface area contributed by atoms with E-state index < -0.39 is 0 Å². The van der Waals surface area contributed by atoms with Gasteiger partial charge in [0.1, 0.15) is 0 Å². The predicted octanol–water partition coefficient (Wildman–Crippen LogP) is 2.55. The van der Waals surface area contributed by atoms with Gasteiger partial charge in [0.2, 0.25) is 0 Å². The molecule has 102 valence electrons. The second-order valence-corrected chi connectivity index (χ2v) is 6.26. The van der Waals surface area contributed by atoms with Crippen LogP contribution in [-0.2, 0) is 6.42 Å². The number of fused-ring (bicyclic) bond motifs is 1. The molecule has 1 aliphatic heterocycles. The van der Waals surface area contributed by atoms with Crippen molar-refractivity contribution in [1.29, 1.82) is 0 Å². The normalized spacial score (nSPS) is 22.7. The fraction of sp³-hybridized carbons (Fsp3) is 0.562. The Hall–Kier alpha value is -1.35. The molecule has 0 spiro atoms. The van der Waals surface area contributed by atoms with Crippen LogP contribution in [0.1, 0.15) is 60.1 Å². The monoisotopic (exact) mass is 258 g/mol. The summed E-state index contributed by atoms with van der Waals surface area (Å²) in [5.41, 5.74) is 9.76. The van der Waals surface area contributed by atoms with Gasteiger partial charge in [-0.05, 0) is 41.9 Å². The van der Waals surface area contributed by atoms with E-state index >= 15 is 0 Å². The second kappa shape index (κ2) is 4.64. The van der Waals surface area contributed by atoms with Gasteiger partial charge in [-0.15, -0.1) is 0 Å². The Labute approximate surface area is 114 Å². The number of amides is 1. The molecule has 0 radical (unpaired) electrons. The molecule has 0 saturated heterocycles. The molecule has 3 nitrogen and oxygen atoms in total. The van der Waals surface area contributed by atoms with Crippen LogP contribution < -0.4 is 11.1 Å². The van der Waals surface area contributed by atoms with Gasteiger partial charge in [0.25, 0.3) is 5.91 Å². The summed E-state index contributed by atoms with van der Waals surface area (Å²) in [6, 6.07) is 6.25. The van der Waals surface area contributed by atoms with E-state index in [4.69, 9.17) is 5.73 Å². The molecule has 3 rings (SSSR count). The molecule has 1 aromatic rings. The molecule has 1 atom stereocenters. The van der Waals surface area contributed by atoms with Crippen molar-refractivity contribution in [1.82, 2.24) is 5.32 Å². The van der Waals surface area contributed by atoms with Crippen LogP contribution in [0.15, 0.2) is 18.2 Å². The molecule has 1 aromatic carbocycles. The van der Waals surface area contributed by atoms with Crippen LogP contribution in [0, 0.1) is 5.41 Å². The minimum atomic E-state index is 0.0371. The second-order valence-electron chi connectivity index (χ2n) is 6.26. The van der Waals surface area contributed by atoms with Crippen LogP contribution in [0.5, 0.6) is 0 Å². The summed E-state index contributed by atoms with van der Waals surface area (Å²) >= 11 is 0. The molecule has 3 N–H and O–H groups in total. The molecule has 3 heteroatoms. The maximum Gasteiger partial charge on any atom is 0.251 e. The highest BCUT2D eigenvalue weighted by Gasteiger charge is 2.36. The summed E-state index contributed by atoms with van der Waals surface area (Å²) in [7, 11) is 0. The molecular weight excluding hydrogens is 236 g/mol. The summed E-state index contributed by atoms with van der Waals surface area (Å²) in [5, 5.41) is 2.90. The van der Waals surface area contributed by atoms with E-state index in [2.05, 4.69) is 24.4 Å². The van der Waals surface area contributed by atoms with E-state index in [9.17, 15) is 4.79 Å². The van der Waals surface area contributed by atoms with E-state index in [0.29, 0.717) is 0 Å². The molecule has 2 aliphatic rings. The van der Waals surface area contributed by atoms with E-state index in [-0.39, 0.29) is 17.4 Å². The van der Waals surface area contributed by atoms with Gasteiger partial charge in [0.05, 0.1) is 0 Å². The number of nitrogens with two attached hydrogens (primary N) is 1. The average molecular weight is 258 g/mol. The topological polar surface area (TPSA) is 55.1 Å². The molecule has 1 fully saturated rings. The van der Waals surface area contributed by atoms with Crippen molar-refractivity contribution in [3.05, 3.63) is 34.9 Å². The molecule has 0 bridgehead atoms. The molecule has 0 aromatic heterocycles. The van der Waals surface area contributed by atoms with Gasteiger partial charge in [-0.25, -0.2) is 0 Å². The smallest absolute Gasteiger partial charge is 0.251 e. The van der Waals surface area contributed by atoms with Gasteiger partial charge in [-0.2, -0.15) is 0 Å². The fourth-order valence-electron chi connectivity index (χ4n) is 3.52. The lowest BCUT2D eigenvalue weighted by Gasteiger charge is -2.32. The Morgan fingerprint density at radius 3 is 2.79 bits per heavy atom. The van der Waals surface area contributed by atoms with Crippen LogP contribution in [0.2, 0.25) is 0 Å². The first kappa shape index (κ1) is 12.7. The van der Waals surface area contributed by atoms with Gasteiger partial charge in [-0.3, -0.25) is 4.79 Å². The number of hydrogen-bond acceptors (Lipinski definition) is 2. The number of rotatable bonds is 2. The van der Waals surface area contributed by atoms with Crippen LogP contribution in [0.3, 0.4) is 0 Å². The van der Waals surface area contributed by atoms with Crippen LogP contribution in [0.25, 0.3) is 0 Å². The first-order valence-electron chi connectivity index (χ1n) is 7.27. The summed E-state index contributed by atoms with van der Waals surface area (Å²) in [5.74, 6) is 0.0480.